The lowest BCUT2D eigenvalue weighted by molar-refractivity contribution is -0.384. The van der Waals surface area contributed by atoms with Gasteiger partial charge >= 0.3 is 0 Å². The fourth-order valence-electron chi connectivity index (χ4n) is 3.60. The Balaban J connectivity index is 2.53. The summed E-state index contributed by atoms with van der Waals surface area (Å²) in [5, 5.41) is 14.2. The second-order valence-corrected chi connectivity index (χ2v) is 10.7. The van der Waals surface area contributed by atoms with Crippen LogP contribution in [0.2, 0.25) is 0 Å². The van der Waals surface area contributed by atoms with Crippen LogP contribution in [0.25, 0.3) is 0 Å². The van der Waals surface area contributed by atoms with Gasteiger partial charge in [0.25, 0.3) is 5.69 Å². The fraction of sp³-hybridized carbons (Fsp3) is 0.440. The highest BCUT2D eigenvalue weighted by Crippen LogP contribution is 2.34. The first-order valence-electron chi connectivity index (χ1n) is 11.7. The van der Waals surface area contributed by atoms with Crippen LogP contribution < -0.4 is 14.4 Å². The first-order valence-corrected chi connectivity index (χ1v) is 13.6. The summed E-state index contributed by atoms with van der Waals surface area (Å²) in [6.07, 6.45) is 1.59. The van der Waals surface area contributed by atoms with E-state index in [-0.39, 0.29) is 35.6 Å². The number of nitro groups is 1. The van der Waals surface area contributed by atoms with Crippen LogP contribution in [0.3, 0.4) is 0 Å². The summed E-state index contributed by atoms with van der Waals surface area (Å²) in [6.45, 7) is 6.58. The molecule has 2 aromatic carbocycles. The van der Waals surface area contributed by atoms with Crippen molar-refractivity contribution >= 4 is 33.2 Å². The van der Waals surface area contributed by atoms with Gasteiger partial charge in [-0.2, -0.15) is 0 Å². The molecule has 2 rings (SSSR count). The Morgan fingerprint density at radius 1 is 1.16 bits per heavy atom. The molecule has 0 aliphatic rings. The number of nitro benzene ring substituents is 1. The molecule has 2 aromatic rings. The lowest BCUT2D eigenvalue weighted by Gasteiger charge is -2.32. The molecule has 2 atom stereocenters. The number of carbonyl (C=O) groups is 2. The van der Waals surface area contributed by atoms with Gasteiger partial charge in [0.05, 0.1) is 18.3 Å². The van der Waals surface area contributed by atoms with E-state index < -0.39 is 33.4 Å². The fourth-order valence-corrected chi connectivity index (χ4v) is 4.45. The van der Waals surface area contributed by atoms with Gasteiger partial charge in [-0.3, -0.25) is 24.0 Å². The average Bonchev–Trinajstić information content (AvgIpc) is 2.84. The molecule has 1 N–H and O–H groups in total. The van der Waals surface area contributed by atoms with E-state index in [0.717, 1.165) is 27.8 Å². The molecule has 11 nitrogen and oxygen atoms in total. The second-order valence-electron chi connectivity index (χ2n) is 8.82. The topological polar surface area (TPSA) is 139 Å². The Labute approximate surface area is 217 Å². The van der Waals surface area contributed by atoms with Gasteiger partial charge in [0.1, 0.15) is 24.0 Å². The highest BCUT2D eigenvalue weighted by molar-refractivity contribution is 7.92. The number of nitrogens with zero attached hydrogens (tertiary/aromatic N) is 3. The van der Waals surface area contributed by atoms with E-state index in [1.807, 2.05) is 45.0 Å². The maximum absolute atomic E-state index is 13.7. The first-order chi connectivity index (χ1) is 17.3. The summed E-state index contributed by atoms with van der Waals surface area (Å²) in [6, 6.07) is 9.81. The van der Waals surface area contributed by atoms with E-state index >= 15 is 0 Å². The minimum Gasteiger partial charge on any atom is -0.495 e. The van der Waals surface area contributed by atoms with Crippen LogP contribution in [0.4, 0.5) is 11.4 Å². The van der Waals surface area contributed by atoms with Crippen LogP contribution in [0.5, 0.6) is 5.75 Å². The maximum Gasteiger partial charge on any atom is 0.271 e. The average molecular weight is 535 g/mol. The quantitative estimate of drug-likeness (QED) is 0.326. The molecule has 12 heteroatoms. The molecule has 0 unspecified atom stereocenters. The van der Waals surface area contributed by atoms with E-state index in [2.05, 4.69) is 5.32 Å². The number of anilines is 1. The maximum atomic E-state index is 13.7. The molecular weight excluding hydrogens is 500 g/mol. The molecule has 0 heterocycles. The molecule has 0 fully saturated rings. The number of non-ortho nitro benzene ring substituents is 1. The molecule has 202 valence electrons. The highest BCUT2D eigenvalue weighted by Gasteiger charge is 2.32. The SMILES string of the molecule is CC[C@H](C)NC(=O)[C@@H](C)N(Cc1ccccc1C)C(=O)CN(c1cc([N+](=O)[O-])ccc1OC)S(C)(=O)=O. The predicted molar refractivity (Wildman–Crippen MR) is 141 cm³/mol. The van der Waals surface area contributed by atoms with Crippen LogP contribution in [-0.2, 0) is 26.2 Å². The zero-order valence-corrected chi connectivity index (χ0v) is 22.7. The van der Waals surface area contributed by atoms with Crippen LogP contribution in [0.15, 0.2) is 42.5 Å². The Bertz CT molecular complexity index is 1250. The van der Waals surface area contributed by atoms with Crippen LogP contribution in [0, 0.1) is 17.0 Å². The summed E-state index contributed by atoms with van der Waals surface area (Å²) in [5.41, 5.74) is 1.17. The van der Waals surface area contributed by atoms with Gasteiger partial charge in [0.15, 0.2) is 0 Å². The molecule has 0 spiro atoms. The number of carbonyl (C=O) groups excluding carboxylic acids is 2. The third-order valence-corrected chi connectivity index (χ3v) is 7.22. The number of benzene rings is 2. The normalized spacial score (nSPS) is 12.8. The van der Waals surface area contributed by atoms with Crippen molar-refractivity contribution in [1.82, 2.24) is 10.2 Å². The number of rotatable bonds is 12. The monoisotopic (exact) mass is 534 g/mol. The third kappa shape index (κ3) is 7.66. The standard InChI is InChI=1S/C25H34N4O7S/c1-7-18(3)26-25(31)19(4)27(15-20-11-9-8-10-17(20)2)24(30)16-28(37(6,34)35)22-14-21(29(32)33)12-13-23(22)36-5/h8-14,18-19H,7,15-16H2,1-6H3,(H,26,31)/t18-,19+/m0/s1. The molecular formula is C25H34N4O7S. The van der Waals surface area contributed by atoms with Gasteiger partial charge in [-0.15, -0.1) is 0 Å². The summed E-state index contributed by atoms with van der Waals surface area (Å²) in [7, 11) is -2.80. The van der Waals surface area contributed by atoms with Crippen molar-refractivity contribution in [3.8, 4) is 5.75 Å². The van der Waals surface area contributed by atoms with Gasteiger partial charge in [0, 0.05) is 24.7 Å². The van der Waals surface area contributed by atoms with Crippen molar-refractivity contribution in [2.45, 2.75) is 52.7 Å². The lowest BCUT2D eigenvalue weighted by atomic mass is 10.1. The van der Waals surface area contributed by atoms with Crippen LogP contribution in [-0.4, -0.2) is 62.0 Å². The van der Waals surface area contributed by atoms with Crippen LogP contribution in [0.1, 0.15) is 38.3 Å². The molecule has 0 aliphatic carbocycles. The van der Waals surface area contributed by atoms with E-state index in [1.54, 1.807) is 6.92 Å². The van der Waals surface area contributed by atoms with Crippen molar-refractivity contribution < 1.29 is 27.7 Å². The molecule has 0 aliphatic heterocycles. The minimum atomic E-state index is -4.09. The number of nitrogens with one attached hydrogen (secondary N) is 1. The van der Waals surface area contributed by atoms with Crippen molar-refractivity contribution in [3.63, 3.8) is 0 Å². The van der Waals surface area contributed by atoms with Gasteiger partial charge in [0.2, 0.25) is 21.8 Å². The lowest BCUT2D eigenvalue weighted by Crippen LogP contribution is -2.52. The Kier molecular flexibility index (Phi) is 10.0. The van der Waals surface area contributed by atoms with Crippen molar-refractivity contribution in [3.05, 3.63) is 63.7 Å². The van der Waals surface area contributed by atoms with Gasteiger partial charge in [-0.25, -0.2) is 8.42 Å². The van der Waals surface area contributed by atoms with Crippen molar-refractivity contribution in [1.29, 1.82) is 0 Å². The Hall–Kier alpha value is -3.67. The summed E-state index contributed by atoms with van der Waals surface area (Å²) in [5.74, 6) is -0.999. The molecule has 0 saturated carbocycles. The second kappa shape index (κ2) is 12.5. The molecule has 37 heavy (non-hydrogen) atoms. The number of aryl methyl sites for hydroxylation is 1. The largest absolute Gasteiger partial charge is 0.495 e. The number of ether oxygens (including phenoxy) is 1. The summed E-state index contributed by atoms with van der Waals surface area (Å²) < 4.78 is 31.6. The van der Waals surface area contributed by atoms with Crippen LogP contribution >= 0.6 is 0 Å². The zero-order valence-electron chi connectivity index (χ0n) is 21.9. The highest BCUT2D eigenvalue weighted by atomic mass is 32.2. The van der Waals surface area contributed by atoms with E-state index in [4.69, 9.17) is 4.74 Å². The van der Waals surface area contributed by atoms with Crippen molar-refractivity contribution in [2.24, 2.45) is 0 Å². The minimum absolute atomic E-state index is 0.0387. The number of sulfonamides is 1. The zero-order chi connectivity index (χ0) is 27.9. The predicted octanol–water partition coefficient (Wildman–Crippen LogP) is 3.01. The number of hydrogen-bond acceptors (Lipinski definition) is 7. The molecule has 0 saturated heterocycles. The first kappa shape index (κ1) is 29.6. The van der Waals surface area contributed by atoms with Gasteiger partial charge in [-0.05, 0) is 44.4 Å². The molecule has 0 aromatic heterocycles. The summed E-state index contributed by atoms with van der Waals surface area (Å²) in [4.78, 5) is 38.6. The van der Waals surface area contributed by atoms with E-state index in [1.165, 1.54) is 24.1 Å². The van der Waals surface area contributed by atoms with Gasteiger partial charge < -0.3 is 15.0 Å². The number of amides is 2. The third-order valence-electron chi connectivity index (χ3n) is 6.09. The molecule has 0 radical (unpaired) electrons. The van der Waals surface area contributed by atoms with E-state index in [9.17, 15) is 28.1 Å². The summed E-state index contributed by atoms with van der Waals surface area (Å²) >= 11 is 0. The number of hydrogen-bond donors (Lipinski definition) is 1. The van der Waals surface area contributed by atoms with E-state index in [0.29, 0.717) is 6.42 Å². The Morgan fingerprint density at radius 2 is 1.81 bits per heavy atom. The Morgan fingerprint density at radius 3 is 2.35 bits per heavy atom. The smallest absolute Gasteiger partial charge is 0.271 e. The van der Waals surface area contributed by atoms with Gasteiger partial charge in [-0.1, -0.05) is 31.2 Å². The number of methoxy groups -OCH3 is 1. The molecule has 2 amide bonds. The molecule has 0 bridgehead atoms. The van der Waals surface area contributed by atoms with Crippen molar-refractivity contribution in [2.75, 3.05) is 24.2 Å².